The molecule has 0 fully saturated rings. The van der Waals surface area contributed by atoms with Gasteiger partial charge in [-0.25, -0.2) is 4.79 Å². The van der Waals surface area contributed by atoms with Gasteiger partial charge in [-0.1, -0.05) is 0 Å². The molecule has 15 heavy (non-hydrogen) atoms. The monoisotopic (exact) mass is 204 g/mol. The van der Waals surface area contributed by atoms with E-state index in [-0.39, 0.29) is 5.69 Å². The van der Waals surface area contributed by atoms with Gasteiger partial charge in [0.1, 0.15) is 5.69 Å². The van der Waals surface area contributed by atoms with Crippen molar-refractivity contribution in [3.05, 3.63) is 51.6 Å². The molecule has 0 aliphatic rings. The number of nitrogens with two attached hydrogens (primary N) is 1. The van der Waals surface area contributed by atoms with Crippen LogP contribution in [0.2, 0.25) is 0 Å². The van der Waals surface area contributed by atoms with E-state index in [4.69, 9.17) is 5.73 Å². The van der Waals surface area contributed by atoms with Crippen LogP contribution in [0, 0.1) is 0 Å². The Morgan fingerprint density at radius 2 is 1.93 bits per heavy atom. The molecule has 0 aliphatic heterocycles. The molecule has 2 aromatic heterocycles. The highest BCUT2D eigenvalue weighted by atomic mass is 16.2. The molecule has 0 spiro atoms. The molecule has 3 N–H and O–H groups in total. The molecule has 2 heterocycles. The number of hydrogen-bond donors (Lipinski definition) is 2. The van der Waals surface area contributed by atoms with Crippen molar-refractivity contribution >= 4 is 5.69 Å². The summed E-state index contributed by atoms with van der Waals surface area (Å²) >= 11 is 0. The molecule has 0 amide bonds. The van der Waals surface area contributed by atoms with Crippen molar-refractivity contribution in [3.8, 4) is 5.69 Å². The Balaban J connectivity index is 2.70. The summed E-state index contributed by atoms with van der Waals surface area (Å²) in [6.07, 6.45) is 4.38. The van der Waals surface area contributed by atoms with Gasteiger partial charge in [0.2, 0.25) is 0 Å². The fourth-order valence-electron chi connectivity index (χ4n) is 1.18. The van der Waals surface area contributed by atoms with Crippen LogP contribution in [0.25, 0.3) is 5.69 Å². The number of nitrogens with one attached hydrogen (secondary N) is 1. The van der Waals surface area contributed by atoms with Gasteiger partial charge in [0.05, 0.1) is 5.69 Å². The van der Waals surface area contributed by atoms with Gasteiger partial charge in [0, 0.05) is 18.6 Å². The summed E-state index contributed by atoms with van der Waals surface area (Å²) in [6.45, 7) is 0. The van der Waals surface area contributed by atoms with E-state index in [1.807, 2.05) is 0 Å². The minimum absolute atomic E-state index is 0.00795. The van der Waals surface area contributed by atoms with E-state index in [0.29, 0.717) is 5.69 Å². The lowest BCUT2D eigenvalue weighted by Gasteiger charge is -2.04. The van der Waals surface area contributed by atoms with Crippen molar-refractivity contribution in [3.63, 3.8) is 0 Å². The third-order valence-electron chi connectivity index (χ3n) is 1.91. The van der Waals surface area contributed by atoms with E-state index in [1.165, 1.54) is 10.8 Å². The van der Waals surface area contributed by atoms with Crippen molar-refractivity contribution in [2.45, 2.75) is 0 Å². The molecule has 6 nitrogen and oxygen atoms in total. The lowest BCUT2D eigenvalue weighted by molar-refractivity contribution is 0.898. The molecule has 2 rings (SSSR count). The SMILES string of the molecule is Nc1cn(-c2ccncc2)c(=O)[nH]c1=O. The van der Waals surface area contributed by atoms with Crippen LogP contribution < -0.4 is 17.0 Å². The minimum Gasteiger partial charge on any atom is -0.393 e. The van der Waals surface area contributed by atoms with E-state index in [2.05, 4.69) is 9.97 Å². The van der Waals surface area contributed by atoms with Crippen LogP contribution in [0.3, 0.4) is 0 Å². The summed E-state index contributed by atoms with van der Waals surface area (Å²) in [5.74, 6) is 0. The number of aromatic nitrogens is 3. The number of aromatic amines is 1. The zero-order chi connectivity index (χ0) is 10.8. The van der Waals surface area contributed by atoms with Crippen LogP contribution in [-0.2, 0) is 0 Å². The van der Waals surface area contributed by atoms with Gasteiger partial charge >= 0.3 is 5.69 Å². The Hall–Kier alpha value is -2.37. The Kier molecular flexibility index (Phi) is 2.09. The van der Waals surface area contributed by atoms with Crippen molar-refractivity contribution in [2.24, 2.45) is 0 Å². The quantitative estimate of drug-likeness (QED) is 0.655. The number of pyridine rings is 1. The molecule has 0 saturated carbocycles. The average molecular weight is 204 g/mol. The molecule has 0 radical (unpaired) electrons. The predicted molar refractivity (Wildman–Crippen MR) is 54.9 cm³/mol. The van der Waals surface area contributed by atoms with Crippen LogP contribution in [0.4, 0.5) is 5.69 Å². The fourth-order valence-corrected chi connectivity index (χ4v) is 1.18. The third kappa shape index (κ3) is 1.64. The lowest BCUT2D eigenvalue weighted by atomic mass is 10.4. The summed E-state index contributed by atoms with van der Waals surface area (Å²) in [7, 11) is 0. The fraction of sp³-hybridized carbons (Fsp3) is 0. The van der Waals surface area contributed by atoms with Crippen LogP contribution >= 0.6 is 0 Å². The Morgan fingerprint density at radius 3 is 2.60 bits per heavy atom. The van der Waals surface area contributed by atoms with Crippen LogP contribution in [0.5, 0.6) is 0 Å². The molecule has 0 aromatic carbocycles. The molecule has 0 aliphatic carbocycles. The maximum absolute atomic E-state index is 11.4. The standard InChI is InChI=1S/C9H8N4O2/c10-7-5-13(9(15)12-8(7)14)6-1-3-11-4-2-6/h1-5H,10H2,(H,12,14,15). The van der Waals surface area contributed by atoms with Crippen LogP contribution in [0.15, 0.2) is 40.3 Å². The smallest absolute Gasteiger partial charge is 0.333 e. The molecule has 76 valence electrons. The Morgan fingerprint density at radius 1 is 1.27 bits per heavy atom. The summed E-state index contributed by atoms with van der Waals surface area (Å²) < 4.78 is 1.25. The highest BCUT2D eigenvalue weighted by Gasteiger charge is 2.02. The molecule has 6 heteroatoms. The van der Waals surface area contributed by atoms with E-state index in [9.17, 15) is 9.59 Å². The Labute approximate surface area is 84.0 Å². The van der Waals surface area contributed by atoms with Crippen molar-refractivity contribution < 1.29 is 0 Å². The predicted octanol–water partition coefficient (Wildman–Crippen LogP) is -0.497. The number of nitrogen functional groups attached to an aromatic ring is 1. The van der Waals surface area contributed by atoms with Gasteiger partial charge in [-0.2, -0.15) is 0 Å². The summed E-state index contributed by atoms with van der Waals surface area (Å²) in [5.41, 5.74) is 4.89. The molecule has 2 aromatic rings. The van der Waals surface area contributed by atoms with Crippen LogP contribution in [0.1, 0.15) is 0 Å². The van der Waals surface area contributed by atoms with Crippen molar-refractivity contribution in [2.75, 3.05) is 5.73 Å². The molecule has 0 unspecified atom stereocenters. The first-order valence-corrected chi connectivity index (χ1v) is 4.20. The first kappa shape index (κ1) is 9.20. The topological polar surface area (TPSA) is 93.8 Å². The van der Waals surface area contributed by atoms with Crippen molar-refractivity contribution in [1.29, 1.82) is 0 Å². The third-order valence-corrected chi connectivity index (χ3v) is 1.91. The van der Waals surface area contributed by atoms with E-state index in [0.717, 1.165) is 0 Å². The first-order valence-electron chi connectivity index (χ1n) is 4.20. The molecule has 0 atom stereocenters. The summed E-state index contributed by atoms with van der Waals surface area (Å²) in [6, 6.07) is 3.28. The minimum atomic E-state index is -0.578. The molecular formula is C9H8N4O2. The zero-order valence-corrected chi connectivity index (χ0v) is 7.68. The number of anilines is 1. The number of H-pyrrole nitrogens is 1. The van der Waals surface area contributed by atoms with Gasteiger partial charge in [-0.3, -0.25) is 19.3 Å². The van der Waals surface area contributed by atoms with Crippen molar-refractivity contribution in [1.82, 2.24) is 14.5 Å². The summed E-state index contributed by atoms with van der Waals surface area (Å²) in [5, 5.41) is 0. The van der Waals surface area contributed by atoms with Gasteiger partial charge in [0.15, 0.2) is 0 Å². The normalized spacial score (nSPS) is 10.1. The Bertz CT molecular complexity index is 585. The second-order valence-electron chi connectivity index (χ2n) is 2.92. The highest BCUT2D eigenvalue weighted by molar-refractivity contribution is 5.36. The maximum atomic E-state index is 11.4. The number of hydrogen-bond acceptors (Lipinski definition) is 4. The number of rotatable bonds is 1. The first-order chi connectivity index (χ1) is 7.18. The van der Waals surface area contributed by atoms with Gasteiger partial charge in [-0.05, 0) is 12.1 Å². The van der Waals surface area contributed by atoms with E-state index < -0.39 is 11.2 Å². The average Bonchev–Trinajstić information content (AvgIpc) is 2.25. The van der Waals surface area contributed by atoms with Gasteiger partial charge < -0.3 is 5.73 Å². The number of nitrogens with zero attached hydrogens (tertiary/aromatic N) is 2. The largest absolute Gasteiger partial charge is 0.393 e. The highest BCUT2D eigenvalue weighted by Crippen LogP contribution is 2.01. The van der Waals surface area contributed by atoms with E-state index in [1.54, 1.807) is 24.5 Å². The van der Waals surface area contributed by atoms with Gasteiger partial charge in [-0.15, -0.1) is 0 Å². The zero-order valence-electron chi connectivity index (χ0n) is 7.68. The second kappa shape index (κ2) is 3.41. The molecule has 0 bridgehead atoms. The maximum Gasteiger partial charge on any atom is 0.333 e. The van der Waals surface area contributed by atoms with Gasteiger partial charge in [0.25, 0.3) is 5.56 Å². The lowest BCUT2D eigenvalue weighted by Crippen LogP contribution is -2.29. The second-order valence-corrected chi connectivity index (χ2v) is 2.92. The molecular weight excluding hydrogens is 196 g/mol. The van der Waals surface area contributed by atoms with E-state index >= 15 is 0 Å². The summed E-state index contributed by atoms with van der Waals surface area (Å²) in [4.78, 5) is 28.4. The molecule has 0 saturated heterocycles. The van der Waals surface area contributed by atoms with Crippen LogP contribution in [-0.4, -0.2) is 14.5 Å².